The van der Waals surface area contributed by atoms with E-state index in [0.29, 0.717) is 28.7 Å². The van der Waals surface area contributed by atoms with E-state index in [0.717, 1.165) is 25.3 Å². The molecule has 1 fully saturated rings. The van der Waals surface area contributed by atoms with Gasteiger partial charge in [-0.05, 0) is 49.1 Å². The highest BCUT2D eigenvalue weighted by Gasteiger charge is 2.41. The van der Waals surface area contributed by atoms with Gasteiger partial charge in [0.15, 0.2) is 5.65 Å². The summed E-state index contributed by atoms with van der Waals surface area (Å²) in [6.45, 7) is 0.0618. The van der Waals surface area contributed by atoms with E-state index in [1.165, 1.54) is 46.1 Å². The lowest BCUT2D eigenvalue weighted by Crippen LogP contribution is -2.25. The summed E-state index contributed by atoms with van der Waals surface area (Å²) in [4.78, 5) is 22.8. The van der Waals surface area contributed by atoms with Crippen LogP contribution in [0.2, 0.25) is 0 Å². The van der Waals surface area contributed by atoms with Crippen LogP contribution in [0.5, 0.6) is 0 Å². The second-order valence-electron chi connectivity index (χ2n) is 9.21. The molecule has 6 rings (SSSR count). The Balaban J connectivity index is 1.09. The fraction of sp³-hybridized carbons (Fsp3) is 0.280. The van der Waals surface area contributed by atoms with Crippen LogP contribution in [-0.2, 0) is 12.7 Å². The number of halogens is 4. The Bertz CT molecular complexity index is 1480. The maximum absolute atomic E-state index is 13.4. The number of nitrogens with zero attached hydrogens (tertiary/aromatic N) is 5. The van der Waals surface area contributed by atoms with Gasteiger partial charge in [0.1, 0.15) is 11.6 Å². The second-order valence-corrected chi connectivity index (χ2v) is 9.21. The van der Waals surface area contributed by atoms with Crippen molar-refractivity contribution in [2.75, 3.05) is 15.5 Å². The van der Waals surface area contributed by atoms with Crippen molar-refractivity contribution in [2.45, 2.75) is 44.1 Å². The summed E-state index contributed by atoms with van der Waals surface area (Å²) in [5.74, 6) is -0.0159. The summed E-state index contributed by atoms with van der Waals surface area (Å²) >= 11 is 0. The average Bonchev–Trinajstić information content (AvgIpc) is 3.56. The molecule has 2 N–H and O–H groups in total. The van der Waals surface area contributed by atoms with Crippen molar-refractivity contribution in [3.63, 3.8) is 0 Å². The third-order valence-corrected chi connectivity index (χ3v) is 6.72. The molecule has 3 aromatic heterocycles. The van der Waals surface area contributed by atoms with Gasteiger partial charge >= 0.3 is 6.18 Å². The first-order chi connectivity index (χ1) is 17.7. The van der Waals surface area contributed by atoms with Crippen molar-refractivity contribution in [1.29, 1.82) is 0 Å². The van der Waals surface area contributed by atoms with Gasteiger partial charge in [-0.25, -0.2) is 13.9 Å². The maximum Gasteiger partial charge on any atom is 0.417 e. The monoisotopic (exact) mass is 511 g/mol. The Morgan fingerprint density at radius 3 is 2.59 bits per heavy atom. The molecule has 12 heteroatoms. The summed E-state index contributed by atoms with van der Waals surface area (Å²) in [7, 11) is 0. The van der Waals surface area contributed by atoms with E-state index in [9.17, 15) is 22.4 Å². The van der Waals surface area contributed by atoms with Gasteiger partial charge in [-0.3, -0.25) is 4.79 Å². The predicted molar refractivity (Wildman–Crippen MR) is 128 cm³/mol. The van der Waals surface area contributed by atoms with E-state index >= 15 is 0 Å². The van der Waals surface area contributed by atoms with Gasteiger partial charge < -0.3 is 15.5 Å². The fourth-order valence-electron chi connectivity index (χ4n) is 4.99. The molecule has 1 aromatic carbocycles. The molecule has 0 spiro atoms. The molecule has 0 radical (unpaired) electrons. The van der Waals surface area contributed by atoms with Crippen LogP contribution in [0.25, 0.3) is 5.65 Å². The molecule has 0 bridgehead atoms. The van der Waals surface area contributed by atoms with Crippen LogP contribution in [-0.4, -0.2) is 37.6 Å². The lowest BCUT2D eigenvalue weighted by Gasteiger charge is -2.18. The molecule has 8 nitrogen and oxygen atoms in total. The Kier molecular flexibility index (Phi) is 5.46. The Hall–Kier alpha value is -4.22. The number of benzene rings is 1. The van der Waals surface area contributed by atoms with E-state index in [2.05, 4.69) is 25.7 Å². The molecular weight excluding hydrogens is 490 g/mol. The van der Waals surface area contributed by atoms with Crippen LogP contribution in [0.15, 0.2) is 54.9 Å². The second kappa shape index (κ2) is 8.71. The highest BCUT2D eigenvalue weighted by atomic mass is 19.4. The SMILES string of the molecule is O=C1c2c(cccc2C(F)(F)F)CN1c1ccc(N[C@H]2CC[C@H](Nc3nc4cc(F)ccn4n3)C2)nc1. The highest BCUT2D eigenvalue weighted by Crippen LogP contribution is 2.38. The minimum Gasteiger partial charge on any atom is -0.367 e. The molecule has 1 saturated carbocycles. The average molecular weight is 511 g/mol. The summed E-state index contributed by atoms with van der Waals surface area (Å²) in [6, 6.07) is 10.1. The number of amides is 1. The quantitative estimate of drug-likeness (QED) is 0.371. The third kappa shape index (κ3) is 4.43. The molecule has 190 valence electrons. The smallest absolute Gasteiger partial charge is 0.367 e. The zero-order chi connectivity index (χ0) is 25.7. The fourth-order valence-corrected chi connectivity index (χ4v) is 4.99. The van der Waals surface area contributed by atoms with Crippen LogP contribution in [0.3, 0.4) is 0 Å². The molecule has 4 aromatic rings. The molecular formula is C25H21F4N7O. The molecule has 1 aliphatic carbocycles. The molecule has 2 aliphatic rings. The van der Waals surface area contributed by atoms with Gasteiger partial charge in [0.25, 0.3) is 5.91 Å². The molecule has 0 saturated heterocycles. The first-order valence-electron chi connectivity index (χ1n) is 11.8. The van der Waals surface area contributed by atoms with Crippen molar-refractivity contribution in [3.8, 4) is 0 Å². The zero-order valence-electron chi connectivity index (χ0n) is 19.3. The molecule has 4 heterocycles. The number of alkyl halides is 3. The minimum absolute atomic E-state index is 0.0618. The number of anilines is 3. The first kappa shape index (κ1) is 23.2. The van der Waals surface area contributed by atoms with E-state index in [4.69, 9.17) is 0 Å². The summed E-state index contributed by atoms with van der Waals surface area (Å²) in [6.07, 6.45) is 0.944. The van der Waals surface area contributed by atoms with Crippen molar-refractivity contribution in [3.05, 3.63) is 77.4 Å². The number of hydrogen-bond acceptors (Lipinski definition) is 6. The number of hydrogen-bond donors (Lipinski definition) is 2. The van der Waals surface area contributed by atoms with Gasteiger partial charge in [0, 0.05) is 24.3 Å². The van der Waals surface area contributed by atoms with Crippen molar-refractivity contribution in [2.24, 2.45) is 0 Å². The van der Waals surface area contributed by atoms with Gasteiger partial charge in [-0.1, -0.05) is 12.1 Å². The molecule has 1 aliphatic heterocycles. The Labute approximate surface area is 208 Å². The lowest BCUT2D eigenvalue weighted by molar-refractivity contribution is -0.137. The van der Waals surface area contributed by atoms with E-state index in [-0.39, 0.29) is 30.0 Å². The normalized spacial score (nSPS) is 19.5. The van der Waals surface area contributed by atoms with Crippen LogP contribution >= 0.6 is 0 Å². The van der Waals surface area contributed by atoms with Crippen molar-refractivity contribution in [1.82, 2.24) is 19.6 Å². The van der Waals surface area contributed by atoms with Gasteiger partial charge in [-0.15, -0.1) is 5.10 Å². The lowest BCUT2D eigenvalue weighted by atomic mass is 10.0. The van der Waals surface area contributed by atoms with Gasteiger partial charge in [-0.2, -0.15) is 18.2 Å². The Morgan fingerprint density at radius 1 is 1.03 bits per heavy atom. The van der Waals surface area contributed by atoms with Gasteiger partial charge in [0.05, 0.1) is 29.6 Å². The molecule has 0 unspecified atom stereocenters. The standard InChI is InChI=1S/C25H21F4N7O/c26-15-8-9-36-21(10-15)33-24(34-36)32-17-5-4-16(11-17)31-20-7-6-18(12-30-20)35-13-14-2-1-3-19(25(27,28)29)22(14)23(35)37/h1-3,6-10,12,16-17H,4-5,11,13H2,(H,30,31)(H,32,34)/t16-,17-/m0/s1. The number of pyridine rings is 2. The van der Waals surface area contributed by atoms with Crippen LogP contribution < -0.4 is 15.5 Å². The minimum atomic E-state index is -4.60. The topological polar surface area (TPSA) is 87.5 Å². The summed E-state index contributed by atoms with van der Waals surface area (Å²) < 4.78 is 55.1. The summed E-state index contributed by atoms with van der Waals surface area (Å²) in [5, 5.41) is 11.0. The van der Waals surface area contributed by atoms with Crippen molar-refractivity contribution >= 4 is 29.0 Å². The number of carbonyl (C=O) groups is 1. The van der Waals surface area contributed by atoms with Crippen molar-refractivity contribution < 1.29 is 22.4 Å². The van der Waals surface area contributed by atoms with E-state index in [1.807, 2.05) is 0 Å². The van der Waals surface area contributed by atoms with E-state index < -0.39 is 17.6 Å². The third-order valence-electron chi connectivity index (χ3n) is 6.72. The molecule has 1 amide bonds. The van der Waals surface area contributed by atoms with Gasteiger partial charge in [0.2, 0.25) is 5.95 Å². The van der Waals surface area contributed by atoms with Crippen LogP contribution in [0.4, 0.5) is 35.0 Å². The first-order valence-corrected chi connectivity index (χ1v) is 11.8. The number of carbonyl (C=O) groups excluding carboxylic acids is 1. The molecule has 2 atom stereocenters. The van der Waals surface area contributed by atoms with Crippen LogP contribution in [0.1, 0.15) is 40.7 Å². The Morgan fingerprint density at radius 2 is 1.84 bits per heavy atom. The number of nitrogens with one attached hydrogen (secondary N) is 2. The number of rotatable bonds is 5. The van der Waals surface area contributed by atoms with Crippen LogP contribution in [0, 0.1) is 5.82 Å². The van der Waals surface area contributed by atoms with E-state index in [1.54, 1.807) is 12.1 Å². The summed E-state index contributed by atoms with van der Waals surface area (Å²) in [5.41, 5.74) is -0.0169. The number of aromatic nitrogens is 4. The largest absolute Gasteiger partial charge is 0.417 e. The molecule has 37 heavy (non-hydrogen) atoms. The predicted octanol–water partition coefficient (Wildman–Crippen LogP) is 4.89. The number of fused-ring (bicyclic) bond motifs is 2. The zero-order valence-corrected chi connectivity index (χ0v) is 19.3. The highest BCUT2D eigenvalue weighted by molar-refractivity contribution is 6.11. The maximum atomic E-state index is 13.4.